The Morgan fingerprint density at radius 2 is 1.68 bits per heavy atom. The zero-order chi connectivity index (χ0) is 18.4. The third kappa shape index (κ3) is 3.20. The summed E-state index contributed by atoms with van der Waals surface area (Å²) in [6, 6.07) is 4.16. The number of amides is 4. The van der Waals surface area contributed by atoms with Crippen LogP contribution >= 0.6 is 23.2 Å². The molecule has 0 atom stereocenters. The Morgan fingerprint density at radius 1 is 1.12 bits per heavy atom. The van der Waals surface area contributed by atoms with Crippen molar-refractivity contribution < 1.29 is 14.4 Å². The Kier molecular flexibility index (Phi) is 4.68. The number of benzene rings is 1. The third-order valence-electron chi connectivity index (χ3n) is 4.72. The molecule has 0 aliphatic carbocycles. The summed E-state index contributed by atoms with van der Waals surface area (Å²) in [6.45, 7) is 4.36. The fraction of sp³-hybridized carbons (Fsp3) is 0.471. The predicted molar refractivity (Wildman–Crippen MR) is 94.8 cm³/mol. The van der Waals surface area contributed by atoms with E-state index in [1.807, 2.05) is 0 Å². The fourth-order valence-electron chi connectivity index (χ4n) is 3.40. The molecule has 2 saturated heterocycles. The highest BCUT2D eigenvalue weighted by Gasteiger charge is 2.53. The minimum Gasteiger partial charge on any atom is -0.338 e. The predicted octanol–water partition coefficient (Wildman–Crippen LogP) is 2.93. The highest BCUT2D eigenvalue weighted by molar-refractivity contribution is 6.35. The summed E-state index contributed by atoms with van der Waals surface area (Å²) in [5.74, 6) is -0.387. The van der Waals surface area contributed by atoms with Crippen molar-refractivity contribution in [1.29, 1.82) is 0 Å². The topological polar surface area (TPSA) is 69.7 Å². The van der Waals surface area contributed by atoms with Crippen molar-refractivity contribution >= 4 is 41.0 Å². The van der Waals surface area contributed by atoms with Gasteiger partial charge in [-0.1, -0.05) is 23.2 Å². The maximum atomic E-state index is 12.7. The molecular weight excluding hydrogens is 365 g/mol. The van der Waals surface area contributed by atoms with Crippen molar-refractivity contribution in [3.8, 4) is 0 Å². The zero-order valence-corrected chi connectivity index (χ0v) is 15.5. The van der Waals surface area contributed by atoms with E-state index in [-0.39, 0.29) is 23.9 Å². The smallest absolute Gasteiger partial charge is 0.325 e. The van der Waals surface area contributed by atoms with Crippen LogP contribution in [0.5, 0.6) is 0 Å². The number of rotatable bonds is 2. The first-order valence-corrected chi connectivity index (χ1v) is 8.90. The molecule has 0 bridgehead atoms. The van der Waals surface area contributed by atoms with E-state index in [9.17, 15) is 14.4 Å². The second-order valence-corrected chi connectivity index (χ2v) is 7.60. The molecule has 1 aromatic rings. The van der Waals surface area contributed by atoms with Gasteiger partial charge in [0, 0.05) is 34.7 Å². The van der Waals surface area contributed by atoms with Crippen molar-refractivity contribution in [2.24, 2.45) is 0 Å². The van der Waals surface area contributed by atoms with E-state index in [1.54, 1.807) is 36.9 Å². The lowest BCUT2D eigenvalue weighted by molar-refractivity contribution is -0.133. The van der Waals surface area contributed by atoms with Gasteiger partial charge >= 0.3 is 6.03 Å². The molecule has 4 amide bonds. The maximum absolute atomic E-state index is 12.7. The normalized spacial score (nSPS) is 19.7. The third-order valence-corrected chi connectivity index (χ3v) is 5.16. The minimum absolute atomic E-state index is 0.184. The van der Waals surface area contributed by atoms with Crippen molar-refractivity contribution in [2.75, 3.05) is 13.1 Å². The highest BCUT2D eigenvalue weighted by atomic mass is 35.5. The maximum Gasteiger partial charge on any atom is 0.325 e. The first-order chi connectivity index (χ1) is 11.7. The molecule has 1 aromatic carbocycles. The highest BCUT2D eigenvalue weighted by Crippen LogP contribution is 2.31. The minimum atomic E-state index is -0.899. The summed E-state index contributed by atoms with van der Waals surface area (Å²) in [6.07, 6.45) is 0.779. The molecule has 0 unspecified atom stereocenters. The number of likely N-dealkylation sites (tertiary alicyclic amines) is 1. The van der Waals surface area contributed by atoms with Crippen molar-refractivity contribution in [1.82, 2.24) is 15.1 Å². The lowest BCUT2D eigenvalue weighted by Crippen LogP contribution is -2.56. The summed E-state index contributed by atoms with van der Waals surface area (Å²) in [5, 5.41) is 3.62. The zero-order valence-electron chi connectivity index (χ0n) is 14.0. The van der Waals surface area contributed by atoms with Crippen LogP contribution in [0.4, 0.5) is 4.79 Å². The number of hydrogen-bond donors (Lipinski definition) is 1. The van der Waals surface area contributed by atoms with Gasteiger partial charge < -0.3 is 10.2 Å². The number of imide groups is 1. The largest absolute Gasteiger partial charge is 0.338 e. The van der Waals surface area contributed by atoms with E-state index >= 15 is 0 Å². The number of carbonyl (C=O) groups excluding carboxylic acids is 3. The van der Waals surface area contributed by atoms with Gasteiger partial charge in [0.15, 0.2) is 0 Å². The molecule has 134 valence electrons. The number of hydrogen-bond acceptors (Lipinski definition) is 3. The summed E-state index contributed by atoms with van der Waals surface area (Å²) >= 11 is 11.9. The van der Waals surface area contributed by atoms with Gasteiger partial charge in [-0.2, -0.15) is 0 Å². The van der Waals surface area contributed by atoms with Crippen molar-refractivity contribution in [3.05, 3.63) is 33.8 Å². The first kappa shape index (κ1) is 18.0. The fourth-order valence-corrected chi connectivity index (χ4v) is 3.93. The number of nitrogens with one attached hydrogen (secondary N) is 1. The van der Waals surface area contributed by atoms with Gasteiger partial charge in [0.2, 0.25) is 0 Å². The van der Waals surface area contributed by atoms with Gasteiger partial charge in [-0.05, 0) is 44.9 Å². The van der Waals surface area contributed by atoms with Crippen LogP contribution in [0, 0.1) is 0 Å². The van der Waals surface area contributed by atoms with Gasteiger partial charge in [-0.25, -0.2) is 4.79 Å². The Bertz CT molecular complexity index is 722. The summed E-state index contributed by atoms with van der Waals surface area (Å²) < 4.78 is 0. The van der Waals surface area contributed by atoms with Gasteiger partial charge in [0.25, 0.3) is 11.8 Å². The number of piperidine rings is 1. The van der Waals surface area contributed by atoms with E-state index < -0.39 is 5.54 Å². The van der Waals surface area contributed by atoms with Crippen LogP contribution in [0.15, 0.2) is 18.2 Å². The molecule has 2 aliphatic rings. The average Bonchev–Trinajstić information content (AvgIpc) is 2.77. The lowest BCUT2D eigenvalue weighted by atomic mass is 9.87. The molecule has 2 aliphatic heterocycles. The van der Waals surface area contributed by atoms with Crippen LogP contribution in [0.25, 0.3) is 0 Å². The Balaban J connectivity index is 1.73. The van der Waals surface area contributed by atoms with Crippen LogP contribution in [-0.4, -0.2) is 52.3 Å². The summed E-state index contributed by atoms with van der Waals surface area (Å²) in [4.78, 5) is 40.3. The summed E-state index contributed by atoms with van der Waals surface area (Å²) in [7, 11) is 0. The van der Waals surface area contributed by atoms with Crippen molar-refractivity contribution in [2.45, 2.75) is 38.3 Å². The lowest BCUT2D eigenvalue weighted by Gasteiger charge is -2.37. The SMILES string of the molecule is CC(C)N1C(=O)NC2(CCN(C(=O)c3cc(Cl)cc(Cl)c3)CC2)C1=O. The van der Waals surface area contributed by atoms with E-state index in [0.717, 1.165) is 0 Å². The standard InChI is InChI=1S/C17H19Cl2N3O3/c1-10(2)22-15(24)17(20-16(22)25)3-5-21(6-4-17)14(23)11-7-12(18)9-13(19)8-11/h7-10H,3-6H2,1-2H3,(H,20,25). The molecule has 8 heteroatoms. The molecule has 2 fully saturated rings. The van der Waals surface area contributed by atoms with Gasteiger partial charge in [0.05, 0.1) is 0 Å². The van der Waals surface area contributed by atoms with E-state index in [0.29, 0.717) is 41.5 Å². The van der Waals surface area contributed by atoms with Crippen LogP contribution in [0.3, 0.4) is 0 Å². The summed E-state index contributed by atoms with van der Waals surface area (Å²) in [5.41, 5.74) is -0.483. The Morgan fingerprint density at radius 3 is 2.16 bits per heavy atom. The molecule has 0 aromatic heterocycles. The Hall–Kier alpha value is -1.79. The van der Waals surface area contributed by atoms with Crippen LogP contribution in [-0.2, 0) is 4.79 Å². The first-order valence-electron chi connectivity index (χ1n) is 8.15. The Labute approximate surface area is 156 Å². The quantitative estimate of drug-likeness (QED) is 0.798. The van der Waals surface area contributed by atoms with Gasteiger partial charge in [-0.15, -0.1) is 0 Å². The van der Waals surface area contributed by atoms with Crippen LogP contribution in [0.2, 0.25) is 10.0 Å². The second-order valence-electron chi connectivity index (χ2n) is 6.73. The second kappa shape index (κ2) is 6.50. The molecular formula is C17H19Cl2N3O3. The number of carbonyl (C=O) groups is 3. The van der Waals surface area contributed by atoms with Crippen molar-refractivity contribution in [3.63, 3.8) is 0 Å². The van der Waals surface area contributed by atoms with E-state index in [4.69, 9.17) is 23.2 Å². The monoisotopic (exact) mass is 383 g/mol. The molecule has 25 heavy (non-hydrogen) atoms. The molecule has 6 nitrogen and oxygen atoms in total. The number of halogens is 2. The van der Waals surface area contributed by atoms with Crippen LogP contribution < -0.4 is 5.32 Å². The van der Waals surface area contributed by atoms with Crippen LogP contribution in [0.1, 0.15) is 37.0 Å². The van der Waals surface area contributed by atoms with Gasteiger partial charge in [-0.3, -0.25) is 14.5 Å². The molecule has 1 N–H and O–H groups in total. The van der Waals surface area contributed by atoms with E-state index in [1.165, 1.54) is 4.90 Å². The molecule has 1 spiro atoms. The number of nitrogens with zero attached hydrogens (tertiary/aromatic N) is 2. The number of urea groups is 1. The molecule has 0 saturated carbocycles. The average molecular weight is 384 g/mol. The molecule has 3 rings (SSSR count). The molecule has 0 radical (unpaired) electrons. The molecule has 2 heterocycles. The van der Waals surface area contributed by atoms with E-state index in [2.05, 4.69) is 5.32 Å². The van der Waals surface area contributed by atoms with Gasteiger partial charge in [0.1, 0.15) is 5.54 Å².